The van der Waals surface area contributed by atoms with E-state index in [-0.39, 0.29) is 4.90 Å². The van der Waals surface area contributed by atoms with Crippen LogP contribution in [0.4, 0.5) is 5.69 Å². The van der Waals surface area contributed by atoms with Crippen LogP contribution in [-0.4, -0.2) is 8.42 Å². The molecular weight excluding hydrogens is 474 g/mol. The minimum Gasteiger partial charge on any atom is -0.278 e. The minimum absolute atomic E-state index is 0.180. The lowest BCUT2D eigenvalue weighted by Gasteiger charge is -2.12. The fraction of sp³-hybridized carbons (Fsp3) is 0.0769. The Hall–Kier alpha value is -0.370. The quantitative estimate of drug-likeness (QED) is 0.661. The number of benzene rings is 2. The van der Waals surface area contributed by atoms with Gasteiger partial charge in [-0.15, -0.1) is 0 Å². The Morgan fingerprint density at radius 1 is 0.950 bits per heavy atom. The van der Waals surface area contributed by atoms with E-state index in [9.17, 15) is 8.42 Å². The maximum Gasteiger partial charge on any atom is 0.263 e. The number of rotatable bonds is 3. The SMILES string of the molecule is Cc1ccc(NS(=O)(=O)c2cc(Br)ccc2Br)c(Br)c1. The standard InChI is InChI=1S/C13H10Br3NO2S/c1-8-2-5-12(11(16)6-8)17-20(18,19)13-7-9(14)3-4-10(13)15/h2-7,17H,1H3. The molecular formula is C13H10Br3NO2S. The molecule has 0 fully saturated rings. The summed E-state index contributed by atoms with van der Waals surface area (Å²) in [6.07, 6.45) is 0. The molecule has 0 heterocycles. The van der Waals surface area contributed by atoms with Gasteiger partial charge in [-0.2, -0.15) is 0 Å². The van der Waals surface area contributed by atoms with Gasteiger partial charge in [0.2, 0.25) is 0 Å². The first kappa shape index (κ1) is 16.0. The fourth-order valence-corrected chi connectivity index (χ4v) is 4.89. The van der Waals surface area contributed by atoms with E-state index in [0.717, 1.165) is 5.56 Å². The smallest absolute Gasteiger partial charge is 0.263 e. The predicted octanol–water partition coefficient (Wildman–Crippen LogP) is 5.08. The van der Waals surface area contributed by atoms with Gasteiger partial charge in [0.25, 0.3) is 10.0 Å². The van der Waals surface area contributed by atoms with Crippen molar-refractivity contribution in [3.63, 3.8) is 0 Å². The normalized spacial score (nSPS) is 11.4. The Balaban J connectivity index is 2.43. The molecule has 2 rings (SSSR count). The van der Waals surface area contributed by atoms with Crippen molar-refractivity contribution < 1.29 is 8.42 Å². The molecule has 3 nitrogen and oxygen atoms in total. The molecule has 0 amide bonds. The van der Waals surface area contributed by atoms with Gasteiger partial charge in [0, 0.05) is 13.4 Å². The molecule has 1 N–H and O–H groups in total. The van der Waals surface area contributed by atoms with Gasteiger partial charge in [0.05, 0.1) is 5.69 Å². The molecule has 0 saturated carbocycles. The first-order chi connectivity index (χ1) is 9.29. The molecule has 0 saturated heterocycles. The van der Waals surface area contributed by atoms with Crippen molar-refractivity contribution in [1.82, 2.24) is 0 Å². The second-order valence-electron chi connectivity index (χ2n) is 4.16. The topological polar surface area (TPSA) is 46.2 Å². The molecule has 2 aromatic rings. The summed E-state index contributed by atoms with van der Waals surface area (Å²) in [6, 6.07) is 10.4. The maximum atomic E-state index is 12.4. The lowest BCUT2D eigenvalue weighted by atomic mass is 10.2. The molecule has 0 radical (unpaired) electrons. The highest BCUT2D eigenvalue weighted by molar-refractivity contribution is 9.11. The highest BCUT2D eigenvalue weighted by Crippen LogP contribution is 2.30. The summed E-state index contributed by atoms with van der Waals surface area (Å²) in [5.41, 5.74) is 1.55. The van der Waals surface area contributed by atoms with Crippen LogP contribution in [0.1, 0.15) is 5.56 Å². The lowest BCUT2D eigenvalue weighted by Crippen LogP contribution is -2.14. The zero-order valence-electron chi connectivity index (χ0n) is 10.3. The number of nitrogens with one attached hydrogen (secondary N) is 1. The van der Waals surface area contributed by atoms with Crippen LogP contribution in [0.25, 0.3) is 0 Å². The van der Waals surface area contributed by atoms with Crippen LogP contribution in [-0.2, 0) is 10.0 Å². The van der Waals surface area contributed by atoms with Gasteiger partial charge >= 0.3 is 0 Å². The predicted molar refractivity (Wildman–Crippen MR) is 91.5 cm³/mol. The fourth-order valence-electron chi connectivity index (χ4n) is 1.59. The van der Waals surface area contributed by atoms with E-state index < -0.39 is 10.0 Å². The van der Waals surface area contributed by atoms with Gasteiger partial charge in [0.1, 0.15) is 4.90 Å². The molecule has 106 valence electrons. The van der Waals surface area contributed by atoms with E-state index in [4.69, 9.17) is 0 Å². The van der Waals surface area contributed by atoms with Crippen LogP contribution < -0.4 is 4.72 Å². The average molecular weight is 484 g/mol. The number of sulfonamides is 1. The summed E-state index contributed by atoms with van der Waals surface area (Å²) >= 11 is 9.89. The van der Waals surface area contributed by atoms with Crippen LogP contribution in [0.2, 0.25) is 0 Å². The molecule has 0 bridgehead atoms. The van der Waals surface area contributed by atoms with Crippen LogP contribution in [0.5, 0.6) is 0 Å². The van der Waals surface area contributed by atoms with E-state index in [1.54, 1.807) is 24.3 Å². The van der Waals surface area contributed by atoms with E-state index in [2.05, 4.69) is 52.5 Å². The second kappa shape index (κ2) is 6.17. The summed E-state index contributed by atoms with van der Waals surface area (Å²) in [6.45, 7) is 1.94. The molecule has 0 aliphatic rings. The lowest BCUT2D eigenvalue weighted by molar-refractivity contribution is 0.600. The summed E-state index contributed by atoms with van der Waals surface area (Å²) in [5, 5.41) is 0. The van der Waals surface area contributed by atoms with Crippen LogP contribution in [0.15, 0.2) is 54.7 Å². The second-order valence-corrected chi connectivity index (χ2v) is 8.44. The number of hydrogen-bond acceptors (Lipinski definition) is 2. The van der Waals surface area contributed by atoms with Gasteiger partial charge in [-0.05, 0) is 74.7 Å². The maximum absolute atomic E-state index is 12.4. The molecule has 0 atom stereocenters. The minimum atomic E-state index is -3.66. The van der Waals surface area contributed by atoms with Crippen molar-refractivity contribution in [2.24, 2.45) is 0 Å². The number of hydrogen-bond donors (Lipinski definition) is 1. The Kier molecular flexibility index (Phi) is 4.94. The first-order valence-corrected chi connectivity index (χ1v) is 9.40. The number of halogens is 3. The third-order valence-corrected chi connectivity index (χ3v) is 6.06. The Labute approximate surface area is 143 Å². The largest absolute Gasteiger partial charge is 0.278 e. The van der Waals surface area contributed by atoms with Crippen molar-refractivity contribution in [2.75, 3.05) is 4.72 Å². The van der Waals surface area contributed by atoms with Crippen molar-refractivity contribution in [3.8, 4) is 0 Å². The van der Waals surface area contributed by atoms with Gasteiger partial charge in [-0.1, -0.05) is 22.0 Å². The molecule has 0 spiro atoms. The summed E-state index contributed by atoms with van der Waals surface area (Å²) < 4.78 is 29.3. The van der Waals surface area contributed by atoms with Gasteiger partial charge < -0.3 is 0 Å². The zero-order valence-corrected chi connectivity index (χ0v) is 15.9. The van der Waals surface area contributed by atoms with Crippen molar-refractivity contribution in [1.29, 1.82) is 0 Å². The molecule has 0 aliphatic heterocycles. The average Bonchev–Trinajstić information content (AvgIpc) is 2.35. The molecule has 20 heavy (non-hydrogen) atoms. The zero-order chi connectivity index (χ0) is 14.9. The molecule has 0 aliphatic carbocycles. The van der Waals surface area contributed by atoms with E-state index >= 15 is 0 Å². The molecule has 0 unspecified atom stereocenters. The van der Waals surface area contributed by atoms with E-state index in [1.165, 1.54) is 0 Å². The van der Waals surface area contributed by atoms with Gasteiger partial charge in [-0.3, -0.25) is 4.72 Å². The van der Waals surface area contributed by atoms with Gasteiger partial charge in [-0.25, -0.2) is 8.42 Å². The van der Waals surface area contributed by atoms with Crippen molar-refractivity contribution >= 4 is 63.5 Å². The number of anilines is 1. The van der Waals surface area contributed by atoms with Crippen LogP contribution in [0.3, 0.4) is 0 Å². The Morgan fingerprint density at radius 2 is 1.65 bits per heavy atom. The number of aryl methyl sites for hydroxylation is 1. The highest BCUT2D eigenvalue weighted by Gasteiger charge is 2.19. The highest BCUT2D eigenvalue weighted by atomic mass is 79.9. The summed E-state index contributed by atoms with van der Waals surface area (Å²) in [4.78, 5) is 0.180. The van der Waals surface area contributed by atoms with Crippen molar-refractivity contribution in [2.45, 2.75) is 11.8 Å². The molecule has 0 aromatic heterocycles. The van der Waals surface area contributed by atoms with Gasteiger partial charge in [0.15, 0.2) is 0 Å². The summed E-state index contributed by atoms with van der Waals surface area (Å²) in [7, 11) is -3.66. The first-order valence-electron chi connectivity index (χ1n) is 5.53. The summed E-state index contributed by atoms with van der Waals surface area (Å²) in [5.74, 6) is 0. The van der Waals surface area contributed by atoms with Crippen LogP contribution >= 0.6 is 47.8 Å². The third-order valence-electron chi connectivity index (χ3n) is 2.55. The van der Waals surface area contributed by atoms with Crippen molar-refractivity contribution in [3.05, 3.63) is 55.4 Å². The third kappa shape index (κ3) is 3.63. The van der Waals surface area contributed by atoms with E-state index in [0.29, 0.717) is 19.1 Å². The van der Waals surface area contributed by atoms with Crippen LogP contribution in [0, 0.1) is 6.92 Å². The molecule has 7 heteroatoms. The van der Waals surface area contributed by atoms with E-state index in [1.807, 2.05) is 19.1 Å². The Bertz CT molecular complexity index is 760. The Morgan fingerprint density at radius 3 is 2.30 bits per heavy atom. The monoisotopic (exact) mass is 481 g/mol. The molecule has 2 aromatic carbocycles.